The zero-order chi connectivity index (χ0) is 21.9. The smallest absolute Gasteiger partial charge is 0.275 e. The molecule has 10 nitrogen and oxygen atoms in total. The van der Waals surface area contributed by atoms with Crippen molar-refractivity contribution in [2.45, 2.75) is 4.90 Å². The minimum atomic E-state index is -4.26. The molecule has 0 aromatic heterocycles. The van der Waals surface area contributed by atoms with E-state index in [1.807, 2.05) is 0 Å². The van der Waals surface area contributed by atoms with Gasteiger partial charge in [-0.25, -0.2) is 8.42 Å². The molecule has 0 heterocycles. The Hall–Kier alpha value is -3.70. The molecule has 3 aromatic rings. The highest BCUT2D eigenvalue weighted by atomic mass is 35.5. The minimum absolute atomic E-state index is 0.00302. The summed E-state index contributed by atoms with van der Waals surface area (Å²) in [7, 11) is -4.26. The number of rotatable bonds is 7. The van der Waals surface area contributed by atoms with E-state index in [1.54, 1.807) is 12.1 Å². The lowest BCUT2D eigenvalue weighted by atomic mass is 10.2. The van der Waals surface area contributed by atoms with Gasteiger partial charge in [0.05, 0.1) is 26.5 Å². The highest BCUT2D eigenvalue weighted by Crippen LogP contribution is 2.31. The lowest BCUT2D eigenvalue weighted by Crippen LogP contribution is -2.13. The number of benzene rings is 3. The van der Waals surface area contributed by atoms with Crippen molar-refractivity contribution < 1.29 is 23.0 Å². The Morgan fingerprint density at radius 2 is 1.50 bits per heavy atom. The molecule has 0 bridgehead atoms. The van der Waals surface area contributed by atoms with E-state index >= 15 is 0 Å². The van der Waals surface area contributed by atoms with Crippen LogP contribution in [0.1, 0.15) is 0 Å². The van der Waals surface area contributed by atoms with Crippen LogP contribution >= 0.6 is 11.6 Å². The van der Waals surface area contributed by atoms with E-state index in [2.05, 4.69) is 4.72 Å². The molecule has 30 heavy (non-hydrogen) atoms. The number of halogens is 1. The van der Waals surface area contributed by atoms with Gasteiger partial charge in [-0.2, -0.15) is 0 Å². The molecule has 3 aromatic carbocycles. The number of anilines is 1. The molecule has 0 saturated heterocycles. The van der Waals surface area contributed by atoms with Gasteiger partial charge in [-0.15, -0.1) is 0 Å². The molecule has 154 valence electrons. The van der Waals surface area contributed by atoms with E-state index in [4.69, 9.17) is 16.3 Å². The summed E-state index contributed by atoms with van der Waals surface area (Å²) >= 11 is 5.80. The largest absolute Gasteiger partial charge is 0.457 e. The van der Waals surface area contributed by atoms with Crippen molar-refractivity contribution in [2.75, 3.05) is 4.72 Å². The molecule has 0 aliphatic rings. The maximum Gasteiger partial charge on any atom is 0.275 e. The molecule has 0 amide bonds. The van der Waals surface area contributed by atoms with Crippen LogP contribution in [0.4, 0.5) is 17.1 Å². The van der Waals surface area contributed by atoms with Gasteiger partial charge in [-0.3, -0.25) is 25.0 Å². The molecule has 3 rings (SSSR count). The van der Waals surface area contributed by atoms with Gasteiger partial charge in [0.15, 0.2) is 0 Å². The maximum absolute atomic E-state index is 12.6. The summed E-state index contributed by atoms with van der Waals surface area (Å²) in [6, 6.07) is 14.0. The summed E-state index contributed by atoms with van der Waals surface area (Å²) in [5, 5.41) is 22.6. The number of hydrogen-bond acceptors (Lipinski definition) is 7. The summed E-state index contributed by atoms with van der Waals surface area (Å²) < 4.78 is 32.9. The third-order valence-corrected chi connectivity index (χ3v) is 5.37. The number of nitrogens with zero attached hydrogens (tertiary/aromatic N) is 2. The van der Waals surface area contributed by atoms with E-state index in [1.165, 1.54) is 24.3 Å². The first-order valence-corrected chi connectivity index (χ1v) is 10.0. The van der Waals surface area contributed by atoms with Crippen LogP contribution < -0.4 is 9.46 Å². The Kier molecular flexibility index (Phi) is 5.85. The van der Waals surface area contributed by atoms with Gasteiger partial charge in [0.2, 0.25) is 0 Å². The summed E-state index contributed by atoms with van der Waals surface area (Å²) in [6.45, 7) is 0. The van der Waals surface area contributed by atoms with E-state index in [0.717, 1.165) is 30.3 Å². The molecular formula is C18H12ClN3O7S. The van der Waals surface area contributed by atoms with E-state index in [-0.39, 0.29) is 16.3 Å². The average Bonchev–Trinajstić information content (AvgIpc) is 2.69. The Morgan fingerprint density at radius 1 is 0.833 bits per heavy atom. The van der Waals surface area contributed by atoms with Crippen molar-refractivity contribution in [1.82, 2.24) is 0 Å². The van der Waals surface area contributed by atoms with E-state index < -0.39 is 31.2 Å². The SMILES string of the molecule is O=[N+]([O-])c1cc(NS(=O)(=O)c2cccc([N+](=O)[O-])c2)cc(Oc2ccc(Cl)cc2)c1. The van der Waals surface area contributed by atoms with Crippen molar-refractivity contribution >= 4 is 38.7 Å². The van der Waals surface area contributed by atoms with E-state index in [9.17, 15) is 28.6 Å². The van der Waals surface area contributed by atoms with Crippen molar-refractivity contribution in [3.8, 4) is 11.5 Å². The maximum atomic E-state index is 12.6. The van der Waals surface area contributed by atoms with Gasteiger partial charge in [-0.05, 0) is 30.3 Å². The fraction of sp³-hybridized carbons (Fsp3) is 0. The minimum Gasteiger partial charge on any atom is -0.457 e. The highest BCUT2D eigenvalue weighted by Gasteiger charge is 2.20. The fourth-order valence-electron chi connectivity index (χ4n) is 2.42. The predicted molar refractivity (Wildman–Crippen MR) is 109 cm³/mol. The lowest BCUT2D eigenvalue weighted by Gasteiger charge is -2.11. The Morgan fingerprint density at radius 3 is 2.13 bits per heavy atom. The second-order valence-electron chi connectivity index (χ2n) is 5.89. The standard InChI is InChI=1S/C18H12ClN3O7S/c19-12-4-6-16(7-5-12)29-17-9-13(8-15(10-17)22(25)26)20-30(27,28)18-3-1-2-14(11-18)21(23)24/h1-11,20H. The number of ether oxygens (including phenoxy) is 1. The normalized spacial score (nSPS) is 11.0. The number of non-ortho nitro benzene ring substituents is 2. The molecule has 0 saturated carbocycles. The topological polar surface area (TPSA) is 142 Å². The fourth-order valence-corrected chi connectivity index (χ4v) is 3.63. The van der Waals surface area contributed by atoms with Gasteiger partial charge < -0.3 is 4.74 Å². The van der Waals surface area contributed by atoms with Crippen molar-refractivity contribution in [3.63, 3.8) is 0 Å². The second-order valence-corrected chi connectivity index (χ2v) is 8.01. The molecule has 0 radical (unpaired) electrons. The third kappa shape index (κ3) is 5.01. The molecule has 0 spiro atoms. The molecular weight excluding hydrogens is 438 g/mol. The molecule has 0 fully saturated rings. The first kappa shape index (κ1) is 21.0. The van der Waals surface area contributed by atoms with Gasteiger partial charge in [-0.1, -0.05) is 17.7 Å². The Bertz CT molecular complexity index is 1230. The van der Waals surface area contributed by atoms with Gasteiger partial charge in [0, 0.05) is 29.3 Å². The average molecular weight is 450 g/mol. The number of sulfonamides is 1. The number of hydrogen-bond donors (Lipinski definition) is 1. The number of nitro groups is 2. The highest BCUT2D eigenvalue weighted by molar-refractivity contribution is 7.92. The summed E-state index contributed by atoms with van der Waals surface area (Å²) in [5.41, 5.74) is -0.985. The summed E-state index contributed by atoms with van der Waals surface area (Å²) in [6.07, 6.45) is 0. The van der Waals surface area contributed by atoms with Crippen LogP contribution in [0.15, 0.2) is 71.6 Å². The summed E-state index contributed by atoms with van der Waals surface area (Å²) in [4.78, 5) is 20.3. The van der Waals surface area contributed by atoms with Crippen molar-refractivity contribution in [2.24, 2.45) is 0 Å². The third-order valence-electron chi connectivity index (χ3n) is 3.74. The molecule has 0 unspecified atom stereocenters. The molecule has 0 aliphatic carbocycles. The van der Waals surface area contributed by atoms with Crippen LogP contribution in [0.2, 0.25) is 5.02 Å². The molecule has 12 heteroatoms. The Balaban J connectivity index is 1.95. The van der Waals surface area contributed by atoms with Crippen LogP contribution in [0.25, 0.3) is 0 Å². The number of nitro benzene ring substituents is 2. The Labute approximate surface area is 175 Å². The molecule has 0 atom stereocenters. The van der Waals surface area contributed by atoms with Crippen molar-refractivity contribution in [1.29, 1.82) is 0 Å². The van der Waals surface area contributed by atoms with Crippen LogP contribution in [-0.4, -0.2) is 18.3 Å². The van der Waals surface area contributed by atoms with Crippen LogP contribution in [0.5, 0.6) is 11.5 Å². The van der Waals surface area contributed by atoms with Crippen LogP contribution in [-0.2, 0) is 10.0 Å². The number of nitrogens with one attached hydrogen (secondary N) is 1. The van der Waals surface area contributed by atoms with Crippen molar-refractivity contribution in [3.05, 3.63) is 92.0 Å². The van der Waals surface area contributed by atoms with Gasteiger partial charge in [0.1, 0.15) is 11.5 Å². The first-order chi connectivity index (χ1) is 14.1. The zero-order valence-corrected chi connectivity index (χ0v) is 16.5. The molecule has 1 N–H and O–H groups in total. The zero-order valence-electron chi connectivity index (χ0n) is 14.9. The van der Waals surface area contributed by atoms with Gasteiger partial charge in [0.25, 0.3) is 21.4 Å². The lowest BCUT2D eigenvalue weighted by molar-refractivity contribution is -0.385. The van der Waals surface area contributed by atoms with E-state index in [0.29, 0.717) is 10.8 Å². The second kappa shape index (κ2) is 8.35. The summed E-state index contributed by atoms with van der Waals surface area (Å²) in [5.74, 6) is 0.329. The predicted octanol–water partition coefficient (Wildman–Crippen LogP) is 4.75. The monoisotopic (exact) mass is 449 g/mol. The van der Waals surface area contributed by atoms with Gasteiger partial charge >= 0.3 is 0 Å². The first-order valence-electron chi connectivity index (χ1n) is 8.14. The van der Waals surface area contributed by atoms with Crippen LogP contribution in [0.3, 0.4) is 0 Å². The molecule has 0 aliphatic heterocycles. The van der Waals surface area contributed by atoms with Crippen LogP contribution in [0, 0.1) is 20.2 Å². The quantitative estimate of drug-likeness (QED) is 0.405.